The summed E-state index contributed by atoms with van der Waals surface area (Å²) in [6, 6.07) is 0. The van der Waals surface area contributed by atoms with Gasteiger partial charge < -0.3 is 0 Å². The van der Waals surface area contributed by atoms with E-state index in [1.807, 2.05) is 0 Å². The molecule has 0 aliphatic heterocycles. The van der Waals surface area contributed by atoms with Crippen LogP contribution in [0.2, 0.25) is 0 Å². The second kappa shape index (κ2) is 2.99. The lowest BCUT2D eigenvalue weighted by molar-refractivity contribution is -0.156. The van der Waals surface area contributed by atoms with E-state index in [2.05, 4.69) is 0 Å². The van der Waals surface area contributed by atoms with Crippen molar-refractivity contribution >= 4 is 0 Å². The molecule has 0 aliphatic carbocycles. The van der Waals surface area contributed by atoms with Crippen LogP contribution in [0.4, 0.5) is 17.6 Å². The molecular weight excluding hydrogens is 160 g/mol. The van der Waals surface area contributed by atoms with Crippen LogP contribution in [0.5, 0.6) is 0 Å². The molecule has 0 spiro atoms. The molecular formula is C7H12F4. The SMILES string of the molecule is CCC(F)(F)C(C)C(C)(F)F. The molecule has 0 aromatic carbocycles. The number of halogens is 4. The van der Waals surface area contributed by atoms with E-state index in [0.717, 1.165) is 6.92 Å². The maximum Gasteiger partial charge on any atom is 0.256 e. The van der Waals surface area contributed by atoms with Gasteiger partial charge in [0.2, 0.25) is 0 Å². The maximum absolute atomic E-state index is 12.6. The lowest BCUT2D eigenvalue weighted by Crippen LogP contribution is -2.37. The zero-order chi connectivity index (χ0) is 9.28. The van der Waals surface area contributed by atoms with Crippen molar-refractivity contribution in [3.8, 4) is 0 Å². The summed E-state index contributed by atoms with van der Waals surface area (Å²) in [5, 5.41) is 0. The molecule has 0 amide bonds. The molecule has 0 saturated carbocycles. The topological polar surface area (TPSA) is 0 Å². The Morgan fingerprint density at radius 2 is 1.55 bits per heavy atom. The Morgan fingerprint density at radius 3 is 1.64 bits per heavy atom. The van der Waals surface area contributed by atoms with Crippen LogP contribution in [0.15, 0.2) is 0 Å². The first-order valence-corrected chi connectivity index (χ1v) is 3.47. The molecule has 0 fully saturated rings. The van der Waals surface area contributed by atoms with E-state index in [-0.39, 0.29) is 0 Å². The largest absolute Gasteiger partial charge is 0.256 e. The minimum atomic E-state index is -3.31. The summed E-state index contributed by atoms with van der Waals surface area (Å²) in [6.07, 6.45) is -0.544. The Labute approximate surface area is 63.6 Å². The zero-order valence-electron chi connectivity index (χ0n) is 6.80. The first-order chi connectivity index (χ1) is 4.72. The normalized spacial score (nSPS) is 16.6. The third kappa shape index (κ3) is 2.67. The van der Waals surface area contributed by atoms with Crippen LogP contribution >= 0.6 is 0 Å². The van der Waals surface area contributed by atoms with Crippen molar-refractivity contribution in [1.29, 1.82) is 0 Å². The van der Waals surface area contributed by atoms with E-state index >= 15 is 0 Å². The van der Waals surface area contributed by atoms with E-state index in [9.17, 15) is 17.6 Å². The predicted octanol–water partition coefficient (Wildman–Crippen LogP) is 3.32. The molecule has 1 atom stereocenters. The lowest BCUT2D eigenvalue weighted by atomic mass is 9.95. The molecule has 1 unspecified atom stereocenters. The van der Waals surface area contributed by atoms with Gasteiger partial charge in [-0.25, -0.2) is 17.6 Å². The van der Waals surface area contributed by atoms with Crippen molar-refractivity contribution < 1.29 is 17.6 Å². The molecule has 0 aromatic rings. The first-order valence-electron chi connectivity index (χ1n) is 3.47. The first kappa shape index (κ1) is 10.7. The third-order valence-corrected chi connectivity index (χ3v) is 1.87. The van der Waals surface area contributed by atoms with Gasteiger partial charge in [0.1, 0.15) is 0 Å². The molecule has 68 valence electrons. The van der Waals surface area contributed by atoms with Crippen LogP contribution < -0.4 is 0 Å². The van der Waals surface area contributed by atoms with Gasteiger partial charge in [-0.2, -0.15) is 0 Å². The number of alkyl halides is 4. The highest BCUT2D eigenvalue weighted by molar-refractivity contribution is 4.80. The van der Waals surface area contributed by atoms with E-state index in [1.54, 1.807) is 0 Å². The monoisotopic (exact) mass is 172 g/mol. The third-order valence-electron chi connectivity index (χ3n) is 1.87. The fourth-order valence-electron chi connectivity index (χ4n) is 0.677. The standard InChI is InChI=1S/C7H12F4/c1-4-7(10,11)5(2)6(3,8)9/h5H,4H2,1-3H3. The Bertz CT molecular complexity index is 125. The highest BCUT2D eigenvalue weighted by Gasteiger charge is 2.47. The average Bonchev–Trinajstić information content (AvgIpc) is 1.84. The van der Waals surface area contributed by atoms with Crippen LogP contribution in [-0.2, 0) is 0 Å². The van der Waals surface area contributed by atoms with Crippen molar-refractivity contribution in [1.82, 2.24) is 0 Å². The molecule has 0 aromatic heterocycles. The Balaban J connectivity index is 4.35. The number of hydrogen-bond acceptors (Lipinski definition) is 0. The van der Waals surface area contributed by atoms with Crippen LogP contribution in [0.1, 0.15) is 27.2 Å². The van der Waals surface area contributed by atoms with Crippen LogP contribution in [0, 0.1) is 5.92 Å². The molecule has 0 nitrogen and oxygen atoms in total. The molecule has 0 radical (unpaired) electrons. The average molecular weight is 172 g/mol. The second-order valence-corrected chi connectivity index (χ2v) is 2.79. The van der Waals surface area contributed by atoms with Crippen molar-refractivity contribution in [2.45, 2.75) is 39.0 Å². The predicted molar refractivity (Wildman–Crippen MR) is 35.0 cm³/mol. The van der Waals surface area contributed by atoms with Gasteiger partial charge in [-0.05, 0) is 6.92 Å². The number of hydrogen-bond donors (Lipinski definition) is 0. The van der Waals surface area contributed by atoms with Crippen LogP contribution in [0.25, 0.3) is 0 Å². The Morgan fingerprint density at radius 1 is 1.18 bits per heavy atom. The molecule has 0 saturated heterocycles. The summed E-state index contributed by atoms with van der Waals surface area (Å²) in [7, 11) is 0. The minimum absolute atomic E-state index is 0.515. The van der Waals surface area contributed by atoms with Crippen molar-refractivity contribution in [2.75, 3.05) is 0 Å². The fourth-order valence-corrected chi connectivity index (χ4v) is 0.677. The minimum Gasteiger partial charge on any atom is -0.207 e. The Kier molecular flexibility index (Phi) is 2.91. The van der Waals surface area contributed by atoms with E-state index in [4.69, 9.17) is 0 Å². The molecule has 0 aliphatic rings. The Hall–Kier alpha value is -0.280. The summed E-state index contributed by atoms with van der Waals surface area (Å²) in [5.74, 6) is -8.46. The molecule has 0 N–H and O–H groups in total. The summed E-state index contributed by atoms with van der Waals surface area (Å²) in [4.78, 5) is 0. The van der Waals surface area contributed by atoms with Crippen molar-refractivity contribution in [3.63, 3.8) is 0 Å². The molecule has 0 bridgehead atoms. The summed E-state index contributed by atoms with van der Waals surface area (Å²) < 4.78 is 49.8. The van der Waals surface area contributed by atoms with Gasteiger partial charge in [-0.1, -0.05) is 13.8 Å². The van der Waals surface area contributed by atoms with Crippen LogP contribution in [0.3, 0.4) is 0 Å². The van der Waals surface area contributed by atoms with Gasteiger partial charge in [-0.15, -0.1) is 0 Å². The maximum atomic E-state index is 12.6. The highest BCUT2D eigenvalue weighted by atomic mass is 19.3. The lowest BCUT2D eigenvalue weighted by Gasteiger charge is -2.27. The summed E-state index contributed by atoms with van der Waals surface area (Å²) >= 11 is 0. The van der Waals surface area contributed by atoms with Crippen molar-refractivity contribution in [2.24, 2.45) is 5.92 Å². The smallest absolute Gasteiger partial charge is 0.207 e. The molecule has 0 heterocycles. The van der Waals surface area contributed by atoms with Gasteiger partial charge >= 0.3 is 0 Å². The van der Waals surface area contributed by atoms with Gasteiger partial charge in [0.15, 0.2) is 0 Å². The molecule has 4 heteroatoms. The van der Waals surface area contributed by atoms with E-state index in [1.165, 1.54) is 6.92 Å². The number of rotatable bonds is 3. The van der Waals surface area contributed by atoms with Gasteiger partial charge in [0.05, 0.1) is 5.92 Å². The quantitative estimate of drug-likeness (QED) is 0.573. The zero-order valence-corrected chi connectivity index (χ0v) is 6.80. The van der Waals surface area contributed by atoms with Crippen molar-refractivity contribution in [3.05, 3.63) is 0 Å². The van der Waals surface area contributed by atoms with Crippen LogP contribution in [-0.4, -0.2) is 11.8 Å². The van der Waals surface area contributed by atoms with E-state index < -0.39 is 24.2 Å². The van der Waals surface area contributed by atoms with Gasteiger partial charge in [0.25, 0.3) is 11.8 Å². The summed E-state index contributed by atoms with van der Waals surface area (Å²) in [6.45, 7) is 2.58. The second-order valence-electron chi connectivity index (χ2n) is 2.79. The molecule has 0 rings (SSSR count). The molecule has 11 heavy (non-hydrogen) atoms. The fraction of sp³-hybridized carbons (Fsp3) is 1.00. The summed E-state index contributed by atoms with van der Waals surface area (Å²) in [5.41, 5.74) is 0. The van der Waals surface area contributed by atoms with E-state index in [0.29, 0.717) is 6.92 Å². The highest BCUT2D eigenvalue weighted by Crippen LogP contribution is 2.38. The van der Waals surface area contributed by atoms with Gasteiger partial charge in [0, 0.05) is 6.42 Å². The van der Waals surface area contributed by atoms with Gasteiger partial charge in [-0.3, -0.25) is 0 Å².